The van der Waals surface area contributed by atoms with E-state index in [2.05, 4.69) is 20.3 Å². The second-order valence-corrected chi connectivity index (χ2v) is 8.35. The highest BCUT2D eigenvalue weighted by Gasteiger charge is 2.24. The Morgan fingerprint density at radius 2 is 1.94 bits per heavy atom. The fourth-order valence-electron chi connectivity index (χ4n) is 3.54. The Kier molecular flexibility index (Phi) is 6.33. The van der Waals surface area contributed by atoms with Gasteiger partial charge in [-0.15, -0.1) is 11.3 Å². The number of carbonyl (C=O) groups excluding carboxylic acids is 1. The smallest absolute Gasteiger partial charge is 0.266 e. The topological polar surface area (TPSA) is 93.0 Å². The highest BCUT2D eigenvalue weighted by molar-refractivity contribution is 7.13. The number of aryl methyl sites for hydroxylation is 1. The van der Waals surface area contributed by atoms with Crippen molar-refractivity contribution in [2.45, 2.75) is 19.4 Å². The van der Waals surface area contributed by atoms with E-state index < -0.39 is 35.3 Å². The summed E-state index contributed by atoms with van der Waals surface area (Å²) < 4.78 is 42.1. The molecular formula is C22H19F3N6O2S. The first kappa shape index (κ1) is 23.4. The maximum Gasteiger partial charge on any atom is 0.266 e. The van der Waals surface area contributed by atoms with Crippen LogP contribution in [0.4, 0.5) is 24.1 Å². The number of aromatic nitrogens is 4. The van der Waals surface area contributed by atoms with E-state index in [1.54, 1.807) is 18.5 Å². The summed E-state index contributed by atoms with van der Waals surface area (Å²) in [6.45, 7) is 1.59. The summed E-state index contributed by atoms with van der Waals surface area (Å²) in [6.07, 6.45) is -0.196. The van der Waals surface area contributed by atoms with Crippen molar-refractivity contribution < 1.29 is 18.0 Å². The highest BCUT2D eigenvalue weighted by Crippen LogP contribution is 2.30. The molecule has 0 spiro atoms. The van der Waals surface area contributed by atoms with Crippen molar-refractivity contribution in [3.8, 4) is 0 Å². The molecule has 0 saturated carbocycles. The van der Waals surface area contributed by atoms with Crippen molar-refractivity contribution >= 4 is 39.2 Å². The summed E-state index contributed by atoms with van der Waals surface area (Å²) in [5.74, 6) is -1.37. The van der Waals surface area contributed by atoms with Gasteiger partial charge in [0.15, 0.2) is 5.13 Å². The molecule has 0 fully saturated rings. The highest BCUT2D eigenvalue weighted by atomic mass is 32.1. The van der Waals surface area contributed by atoms with Gasteiger partial charge in [0, 0.05) is 31.2 Å². The molecule has 8 nitrogen and oxygen atoms in total. The fraction of sp³-hybridized carbons (Fsp3) is 0.227. The van der Waals surface area contributed by atoms with Gasteiger partial charge in [0.1, 0.15) is 29.2 Å². The van der Waals surface area contributed by atoms with E-state index in [4.69, 9.17) is 0 Å². The number of anilines is 2. The Morgan fingerprint density at radius 1 is 1.21 bits per heavy atom. The fourth-order valence-corrected chi connectivity index (χ4v) is 4.15. The third-order valence-electron chi connectivity index (χ3n) is 5.36. The number of fused-ring (bicyclic) bond motifs is 1. The minimum atomic E-state index is -2.95. The minimum Gasteiger partial charge on any atom is -0.363 e. The molecule has 3 aromatic heterocycles. The lowest BCUT2D eigenvalue weighted by Gasteiger charge is -2.19. The molecule has 4 aromatic rings. The maximum atomic E-state index is 14.6. The standard InChI is InChI=1S/C22H19F3N6O2S/c1-11(12-5-4-6-13(16(12)23)17(24)25)29-18-14-9-15(20(32)30(2)19(14)28-10-27-18)21(33)31(3)22-26-7-8-34-22/h4-11,17H,1-3H3,(H,27,28,29)/t11-/m1/s1. The number of hydrogen-bond acceptors (Lipinski definition) is 7. The first-order chi connectivity index (χ1) is 16.2. The van der Waals surface area contributed by atoms with Crippen LogP contribution in [0, 0.1) is 5.82 Å². The molecule has 0 aliphatic rings. The van der Waals surface area contributed by atoms with Crippen molar-refractivity contribution in [3.05, 3.63) is 75.0 Å². The number of benzene rings is 1. The average molecular weight is 488 g/mol. The number of nitrogens with one attached hydrogen (secondary N) is 1. The molecule has 1 atom stereocenters. The van der Waals surface area contributed by atoms with Gasteiger partial charge < -0.3 is 5.32 Å². The van der Waals surface area contributed by atoms with Gasteiger partial charge >= 0.3 is 0 Å². The second kappa shape index (κ2) is 9.21. The first-order valence-electron chi connectivity index (χ1n) is 10.1. The van der Waals surface area contributed by atoms with E-state index >= 15 is 0 Å². The van der Waals surface area contributed by atoms with Crippen molar-refractivity contribution in [2.24, 2.45) is 7.05 Å². The van der Waals surface area contributed by atoms with E-state index in [9.17, 15) is 22.8 Å². The third kappa shape index (κ3) is 4.12. The van der Waals surface area contributed by atoms with E-state index in [0.717, 1.165) is 6.07 Å². The SMILES string of the molecule is C[C@@H](Nc1ncnc2c1cc(C(=O)N(C)c1nccs1)c(=O)n2C)c1cccc(C(F)F)c1F. The van der Waals surface area contributed by atoms with Crippen LogP contribution in [0.1, 0.15) is 40.9 Å². The van der Waals surface area contributed by atoms with E-state index in [1.807, 2.05) is 0 Å². The van der Waals surface area contributed by atoms with Crippen LogP contribution < -0.4 is 15.8 Å². The van der Waals surface area contributed by atoms with Crippen LogP contribution in [-0.2, 0) is 7.05 Å². The van der Waals surface area contributed by atoms with Gasteiger partial charge in [-0.25, -0.2) is 28.1 Å². The predicted molar refractivity (Wildman–Crippen MR) is 123 cm³/mol. The number of halogens is 3. The van der Waals surface area contributed by atoms with Crippen LogP contribution in [0.25, 0.3) is 11.0 Å². The van der Waals surface area contributed by atoms with Crippen molar-refractivity contribution in [1.29, 1.82) is 0 Å². The molecule has 0 aliphatic heterocycles. The Labute approximate surface area is 195 Å². The minimum absolute atomic E-state index is 0.0224. The van der Waals surface area contributed by atoms with Gasteiger partial charge in [-0.3, -0.25) is 19.1 Å². The molecule has 1 N–H and O–H groups in total. The number of alkyl halides is 2. The van der Waals surface area contributed by atoms with Gasteiger partial charge in [0.25, 0.3) is 17.9 Å². The van der Waals surface area contributed by atoms with Gasteiger partial charge in [0.2, 0.25) is 0 Å². The van der Waals surface area contributed by atoms with Gasteiger partial charge in [-0.2, -0.15) is 0 Å². The Hall–Kier alpha value is -3.80. The monoisotopic (exact) mass is 488 g/mol. The normalized spacial score (nSPS) is 12.2. The molecule has 12 heteroatoms. The molecular weight excluding hydrogens is 469 g/mol. The van der Waals surface area contributed by atoms with Crippen molar-refractivity contribution in [1.82, 2.24) is 19.5 Å². The maximum absolute atomic E-state index is 14.6. The molecule has 0 aliphatic carbocycles. The second-order valence-electron chi connectivity index (χ2n) is 7.48. The summed E-state index contributed by atoms with van der Waals surface area (Å²) in [7, 11) is 2.98. The molecule has 3 heterocycles. The van der Waals surface area contributed by atoms with Crippen LogP contribution in [0.2, 0.25) is 0 Å². The average Bonchev–Trinajstić information content (AvgIpc) is 3.35. The zero-order chi connectivity index (χ0) is 24.6. The number of thiazole rings is 1. The van der Waals surface area contributed by atoms with Crippen LogP contribution in [0.3, 0.4) is 0 Å². The Morgan fingerprint density at radius 3 is 2.62 bits per heavy atom. The zero-order valence-corrected chi connectivity index (χ0v) is 19.1. The molecule has 34 heavy (non-hydrogen) atoms. The molecule has 1 amide bonds. The molecule has 0 unspecified atom stereocenters. The van der Waals surface area contributed by atoms with Crippen LogP contribution in [-0.4, -0.2) is 32.5 Å². The number of hydrogen-bond donors (Lipinski definition) is 1. The van der Waals surface area contributed by atoms with E-state index in [1.165, 1.54) is 59.4 Å². The van der Waals surface area contributed by atoms with Crippen molar-refractivity contribution in [3.63, 3.8) is 0 Å². The first-order valence-corrected chi connectivity index (χ1v) is 10.9. The predicted octanol–water partition coefficient (Wildman–Crippen LogP) is 4.31. The summed E-state index contributed by atoms with van der Waals surface area (Å²) in [5.41, 5.74) is -1.13. The number of amides is 1. The molecule has 0 saturated heterocycles. The third-order valence-corrected chi connectivity index (χ3v) is 6.21. The van der Waals surface area contributed by atoms with Gasteiger partial charge in [0.05, 0.1) is 17.0 Å². The van der Waals surface area contributed by atoms with E-state index in [0.29, 0.717) is 10.5 Å². The molecule has 4 rings (SSSR count). The lowest BCUT2D eigenvalue weighted by molar-refractivity contribution is 0.0991. The number of nitrogens with zero attached hydrogens (tertiary/aromatic N) is 5. The summed E-state index contributed by atoms with van der Waals surface area (Å²) in [5, 5.41) is 5.44. The lowest BCUT2D eigenvalue weighted by atomic mass is 10.0. The molecule has 1 aromatic carbocycles. The van der Waals surface area contributed by atoms with E-state index in [-0.39, 0.29) is 22.6 Å². The quantitative estimate of drug-likeness (QED) is 0.435. The summed E-state index contributed by atoms with van der Waals surface area (Å²) >= 11 is 1.24. The number of pyridine rings is 1. The summed E-state index contributed by atoms with van der Waals surface area (Å²) in [6, 6.07) is 4.39. The lowest BCUT2D eigenvalue weighted by Crippen LogP contribution is -2.34. The van der Waals surface area contributed by atoms with Crippen LogP contribution >= 0.6 is 11.3 Å². The molecule has 0 radical (unpaired) electrons. The largest absolute Gasteiger partial charge is 0.363 e. The number of carbonyl (C=O) groups is 1. The summed E-state index contributed by atoms with van der Waals surface area (Å²) in [4.78, 5) is 39.6. The Bertz CT molecular complexity index is 1420. The Balaban J connectivity index is 1.77. The zero-order valence-electron chi connectivity index (χ0n) is 18.3. The van der Waals surface area contributed by atoms with Crippen LogP contribution in [0.15, 0.2) is 47.0 Å². The van der Waals surface area contributed by atoms with Gasteiger partial charge in [-0.1, -0.05) is 18.2 Å². The molecule has 176 valence electrons. The number of rotatable bonds is 6. The van der Waals surface area contributed by atoms with Crippen molar-refractivity contribution in [2.75, 3.05) is 17.3 Å². The molecule has 0 bridgehead atoms. The van der Waals surface area contributed by atoms with Crippen LogP contribution in [0.5, 0.6) is 0 Å². The van der Waals surface area contributed by atoms with Gasteiger partial charge in [-0.05, 0) is 13.0 Å².